The Balaban J connectivity index is 1.99. The lowest BCUT2D eigenvalue weighted by molar-refractivity contribution is 0.141. The molecule has 0 aliphatic carbocycles. The van der Waals surface area contributed by atoms with Gasteiger partial charge in [0, 0.05) is 25.2 Å². The molecule has 5 nitrogen and oxygen atoms in total. The van der Waals surface area contributed by atoms with E-state index < -0.39 is 0 Å². The fourth-order valence-electron chi connectivity index (χ4n) is 4.37. The Morgan fingerprint density at radius 3 is 2.39 bits per heavy atom. The minimum absolute atomic E-state index is 0.166. The van der Waals surface area contributed by atoms with Crippen molar-refractivity contribution < 1.29 is 9.47 Å². The van der Waals surface area contributed by atoms with E-state index in [1.54, 1.807) is 14.2 Å². The van der Waals surface area contributed by atoms with Gasteiger partial charge in [-0.15, -0.1) is 0 Å². The number of fused-ring (bicyclic) bond motifs is 1. The number of ether oxygens (including phenoxy) is 2. The summed E-state index contributed by atoms with van der Waals surface area (Å²) >= 11 is 5.61. The molecule has 0 saturated heterocycles. The van der Waals surface area contributed by atoms with E-state index >= 15 is 0 Å². The van der Waals surface area contributed by atoms with Gasteiger partial charge in [0.2, 0.25) is 0 Å². The van der Waals surface area contributed by atoms with Crippen LogP contribution in [0.25, 0.3) is 0 Å². The predicted molar refractivity (Wildman–Crippen MR) is 131 cm³/mol. The molecule has 0 amide bonds. The number of hydrogen-bond donors (Lipinski definition) is 2. The summed E-state index contributed by atoms with van der Waals surface area (Å²) in [5, 5.41) is 7.63. The van der Waals surface area contributed by atoms with Crippen molar-refractivity contribution in [1.82, 2.24) is 15.5 Å². The van der Waals surface area contributed by atoms with Crippen molar-refractivity contribution in [2.75, 3.05) is 20.8 Å². The Morgan fingerprint density at radius 2 is 1.77 bits per heavy atom. The molecule has 2 N–H and O–H groups in total. The van der Waals surface area contributed by atoms with Crippen molar-refractivity contribution in [3.8, 4) is 11.5 Å². The number of rotatable bonds is 8. The third-order valence-corrected chi connectivity index (χ3v) is 6.05. The lowest BCUT2D eigenvalue weighted by Crippen LogP contribution is -2.51. The molecule has 2 unspecified atom stereocenters. The van der Waals surface area contributed by atoms with Gasteiger partial charge in [0.25, 0.3) is 0 Å². The van der Waals surface area contributed by atoms with E-state index in [4.69, 9.17) is 21.7 Å². The molecule has 0 spiro atoms. The van der Waals surface area contributed by atoms with Crippen LogP contribution in [0.5, 0.6) is 11.5 Å². The number of hydrogen-bond acceptors (Lipinski definition) is 4. The third-order valence-electron chi connectivity index (χ3n) is 5.81. The third kappa shape index (κ3) is 5.69. The van der Waals surface area contributed by atoms with Crippen molar-refractivity contribution in [2.24, 2.45) is 0 Å². The zero-order valence-corrected chi connectivity index (χ0v) is 20.1. The minimum atomic E-state index is 0.166. The van der Waals surface area contributed by atoms with Gasteiger partial charge in [0.15, 0.2) is 16.6 Å². The van der Waals surface area contributed by atoms with Gasteiger partial charge < -0.3 is 20.1 Å². The first-order valence-electron chi connectivity index (χ1n) is 11.1. The first-order valence-corrected chi connectivity index (χ1v) is 11.5. The zero-order valence-electron chi connectivity index (χ0n) is 19.3. The van der Waals surface area contributed by atoms with Gasteiger partial charge in [-0.2, -0.15) is 0 Å². The van der Waals surface area contributed by atoms with Crippen LogP contribution in [0.4, 0.5) is 0 Å². The smallest absolute Gasteiger partial charge is 0.166 e. The van der Waals surface area contributed by atoms with Crippen LogP contribution in [-0.2, 0) is 13.0 Å². The highest BCUT2D eigenvalue weighted by Gasteiger charge is 2.34. The number of benzene rings is 2. The molecule has 1 heterocycles. The number of thiocarbonyl (C=S) groups is 1. The van der Waals surface area contributed by atoms with Gasteiger partial charge in [-0.25, -0.2) is 0 Å². The van der Waals surface area contributed by atoms with Crippen LogP contribution < -0.4 is 20.1 Å². The topological polar surface area (TPSA) is 45.8 Å². The largest absolute Gasteiger partial charge is 0.493 e. The Morgan fingerprint density at radius 1 is 1.10 bits per heavy atom. The average Bonchev–Trinajstić information content (AvgIpc) is 2.76. The maximum Gasteiger partial charge on any atom is 0.166 e. The number of nitrogens with zero attached hydrogens (tertiary/aromatic N) is 1. The van der Waals surface area contributed by atoms with Crippen LogP contribution in [0.1, 0.15) is 49.9 Å². The van der Waals surface area contributed by atoms with Crippen LogP contribution in [0.2, 0.25) is 0 Å². The quantitative estimate of drug-likeness (QED) is 0.590. The summed E-state index contributed by atoms with van der Waals surface area (Å²) in [5.41, 5.74) is 3.91. The molecule has 6 heteroatoms. The van der Waals surface area contributed by atoms with Gasteiger partial charge in [0.1, 0.15) is 0 Å². The van der Waals surface area contributed by atoms with E-state index in [-0.39, 0.29) is 12.1 Å². The van der Waals surface area contributed by atoms with E-state index in [2.05, 4.69) is 78.8 Å². The molecule has 31 heavy (non-hydrogen) atoms. The maximum atomic E-state index is 5.65. The first kappa shape index (κ1) is 23.4. The van der Waals surface area contributed by atoms with Crippen molar-refractivity contribution in [1.29, 1.82) is 0 Å². The van der Waals surface area contributed by atoms with Gasteiger partial charge in [-0.1, -0.05) is 37.3 Å². The van der Waals surface area contributed by atoms with Crippen molar-refractivity contribution in [3.05, 3.63) is 59.2 Å². The molecule has 0 aromatic heterocycles. The summed E-state index contributed by atoms with van der Waals surface area (Å²) in [7, 11) is 3.39. The van der Waals surface area contributed by atoms with Crippen molar-refractivity contribution in [3.63, 3.8) is 0 Å². The molecule has 2 aromatic rings. The summed E-state index contributed by atoms with van der Waals surface area (Å²) in [6.07, 6.45) is 1.92. The van der Waals surface area contributed by atoms with Crippen LogP contribution in [0.3, 0.4) is 0 Å². The second-order valence-corrected chi connectivity index (χ2v) is 8.75. The SMILES string of the molecule is CCC(NC(=S)NC(C)C)C1c2cc(OC)c(OC)cc2CCN1Cc1ccccc1. The highest BCUT2D eigenvalue weighted by Crippen LogP contribution is 2.40. The van der Waals surface area contributed by atoms with Crippen LogP contribution in [-0.4, -0.2) is 42.9 Å². The normalized spacial score (nSPS) is 17.0. The number of methoxy groups -OCH3 is 2. The Labute approximate surface area is 192 Å². The summed E-state index contributed by atoms with van der Waals surface area (Å²) in [5.74, 6) is 1.56. The number of nitrogens with one attached hydrogen (secondary N) is 2. The Kier molecular flexibility index (Phi) is 8.15. The molecular formula is C25H35N3O2S. The molecule has 3 rings (SSSR count). The molecule has 1 aliphatic heterocycles. The lowest BCUT2D eigenvalue weighted by atomic mass is 9.86. The Bertz CT molecular complexity index is 873. The summed E-state index contributed by atoms with van der Waals surface area (Å²) in [6, 6.07) is 15.6. The van der Waals surface area contributed by atoms with Crippen molar-refractivity contribution >= 4 is 17.3 Å². The minimum Gasteiger partial charge on any atom is -0.493 e. The van der Waals surface area contributed by atoms with Gasteiger partial charge >= 0.3 is 0 Å². The molecule has 0 bridgehead atoms. The van der Waals surface area contributed by atoms with E-state index in [1.165, 1.54) is 16.7 Å². The molecule has 0 saturated carbocycles. The van der Waals surface area contributed by atoms with Gasteiger partial charge in [0.05, 0.1) is 20.3 Å². The fraction of sp³-hybridized carbons (Fsp3) is 0.480. The van der Waals surface area contributed by atoms with Crippen LogP contribution in [0.15, 0.2) is 42.5 Å². The second kappa shape index (κ2) is 10.8. The lowest BCUT2D eigenvalue weighted by Gasteiger charge is -2.42. The molecule has 0 fully saturated rings. The fourth-order valence-corrected chi connectivity index (χ4v) is 4.76. The first-order chi connectivity index (χ1) is 15.0. The van der Waals surface area contributed by atoms with E-state index in [0.29, 0.717) is 11.2 Å². The molecule has 168 valence electrons. The van der Waals surface area contributed by atoms with E-state index in [9.17, 15) is 0 Å². The van der Waals surface area contributed by atoms with Gasteiger partial charge in [-0.3, -0.25) is 4.90 Å². The van der Waals surface area contributed by atoms with Crippen molar-refractivity contribution in [2.45, 2.75) is 58.3 Å². The summed E-state index contributed by atoms with van der Waals surface area (Å²) in [4.78, 5) is 2.56. The zero-order chi connectivity index (χ0) is 22.4. The molecular weight excluding hydrogens is 406 g/mol. The molecule has 0 radical (unpaired) electrons. The van der Waals surface area contributed by atoms with Gasteiger partial charge in [-0.05, 0) is 67.7 Å². The second-order valence-electron chi connectivity index (χ2n) is 8.34. The molecule has 2 atom stereocenters. The predicted octanol–water partition coefficient (Wildman–Crippen LogP) is 4.45. The standard InChI is InChI=1S/C25H35N3O2S/c1-6-21(27-25(31)26-17(2)3)24-20-15-23(30-5)22(29-4)14-19(20)12-13-28(24)16-18-10-8-7-9-11-18/h7-11,14-15,17,21,24H,6,12-13,16H2,1-5H3,(H2,26,27,31). The maximum absolute atomic E-state index is 5.65. The highest BCUT2D eigenvalue weighted by atomic mass is 32.1. The Hall–Kier alpha value is -2.31. The van der Waals surface area contributed by atoms with E-state index in [0.717, 1.165) is 37.4 Å². The summed E-state index contributed by atoms with van der Waals surface area (Å²) < 4.78 is 11.2. The van der Waals surface area contributed by atoms with E-state index in [1.807, 2.05) is 0 Å². The highest BCUT2D eigenvalue weighted by molar-refractivity contribution is 7.80. The molecule has 1 aliphatic rings. The average molecular weight is 442 g/mol. The molecule has 2 aromatic carbocycles. The summed E-state index contributed by atoms with van der Waals surface area (Å²) in [6.45, 7) is 8.28. The van der Waals surface area contributed by atoms with Crippen LogP contribution in [0, 0.1) is 0 Å². The van der Waals surface area contributed by atoms with Crippen LogP contribution >= 0.6 is 12.2 Å². The monoisotopic (exact) mass is 441 g/mol.